The van der Waals surface area contributed by atoms with Crippen LogP contribution in [-0.4, -0.2) is 29.6 Å². The summed E-state index contributed by atoms with van der Waals surface area (Å²) in [6.07, 6.45) is 6.00. The van der Waals surface area contributed by atoms with Crippen molar-refractivity contribution in [3.05, 3.63) is 63.3 Å². The molecule has 1 aromatic heterocycles. The van der Waals surface area contributed by atoms with E-state index in [1.54, 1.807) is 24.3 Å². The molecule has 0 aliphatic rings. The molecule has 0 fully saturated rings. The number of ketones is 1. The van der Waals surface area contributed by atoms with Gasteiger partial charge in [0.1, 0.15) is 12.4 Å². The summed E-state index contributed by atoms with van der Waals surface area (Å²) in [5, 5.41) is 10.0. The summed E-state index contributed by atoms with van der Waals surface area (Å²) < 4.78 is 11.8. The molecule has 5 nitrogen and oxygen atoms in total. The number of carbonyl (C=O) groups excluding carboxylic acids is 1. The van der Waals surface area contributed by atoms with Crippen molar-refractivity contribution in [1.29, 1.82) is 0 Å². The van der Waals surface area contributed by atoms with Crippen LogP contribution in [0.15, 0.2) is 52.1 Å². The van der Waals surface area contributed by atoms with Crippen LogP contribution in [0, 0.1) is 0 Å². The number of hydrogen-bond donors (Lipinski definition) is 1. The molecule has 0 amide bonds. The van der Waals surface area contributed by atoms with Crippen LogP contribution in [0.4, 0.5) is 0 Å². The molecule has 1 aromatic carbocycles. The highest BCUT2D eigenvalue weighted by Crippen LogP contribution is 2.32. The Kier molecular flexibility index (Phi) is 6.78. The number of rotatable bonds is 7. The third-order valence-corrected chi connectivity index (χ3v) is 4.19. The van der Waals surface area contributed by atoms with Crippen LogP contribution in [0.1, 0.15) is 16.1 Å². The van der Waals surface area contributed by atoms with Crippen molar-refractivity contribution in [2.24, 2.45) is 0 Å². The molecule has 7 heteroatoms. The molecule has 1 N–H and O–H groups in total. The maximum Gasteiger partial charge on any atom is 0.189 e. The lowest BCUT2D eigenvalue weighted by Gasteiger charge is -2.09. The van der Waals surface area contributed by atoms with E-state index in [4.69, 9.17) is 9.47 Å². The van der Waals surface area contributed by atoms with E-state index in [1.165, 1.54) is 25.5 Å². The van der Waals surface area contributed by atoms with Gasteiger partial charge in [0.2, 0.25) is 0 Å². The Morgan fingerprint density at radius 2 is 2.08 bits per heavy atom. The van der Waals surface area contributed by atoms with Gasteiger partial charge in [-0.15, -0.1) is 0 Å². The Labute approximate surface area is 162 Å². The van der Waals surface area contributed by atoms with E-state index in [-0.39, 0.29) is 17.1 Å². The van der Waals surface area contributed by atoms with Crippen molar-refractivity contribution in [2.75, 3.05) is 13.7 Å². The van der Waals surface area contributed by atoms with Gasteiger partial charge in [-0.25, -0.2) is 0 Å². The van der Waals surface area contributed by atoms with Crippen LogP contribution in [0.5, 0.6) is 17.2 Å². The van der Waals surface area contributed by atoms with E-state index >= 15 is 0 Å². The monoisotopic (exact) mass is 467 g/mol. The summed E-state index contributed by atoms with van der Waals surface area (Å²) in [4.78, 5) is 16.5. The largest absolute Gasteiger partial charge is 0.506 e. The lowest BCUT2D eigenvalue weighted by atomic mass is 10.1. The predicted octanol–water partition coefficient (Wildman–Crippen LogP) is 4.78. The van der Waals surface area contributed by atoms with Crippen LogP contribution in [0.25, 0.3) is 6.08 Å². The molecule has 0 saturated heterocycles. The Morgan fingerprint density at radius 1 is 1.32 bits per heavy atom. The summed E-state index contributed by atoms with van der Waals surface area (Å²) in [6, 6.07) is 4.86. The van der Waals surface area contributed by atoms with Crippen LogP contribution in [0.2, 0.25) is 0 Å². The van der Waals surface area contributed by atoms with E-state index in [1.807, 2.05) is 0 Å². The first-order valence-corrected chi connectivity index (χ1v) is 8.73. The number of pyridine rings is 1. The van der Waals surface area contributed by atoms with Crippen molar-refractivity contribution in [2.45, 2.75) is 0 Å². The zero-order chi connectivity index (χ0) is 18.4. The van der Waals surface area contributed by atoms with E-state index in [0.29, 0.717) is 32.7 Å². The first-order chi connectivity index (χ1) is 12.0. The minimum absolute atomic E-state index is 0.114. The first kappa shape index (κ1) is 19.2. The maximum absolute atomic E-state index is 12.3. The second-order valence-corrected chi connectivity index (χ2v) is 6.61. The van der Waals surface area contributed by atoms with Gasteiger partial charge in [0, 0.05) is 10.5 Å². The number of benzene rings is 1. The summed E-state index contributed by atoms with van der Waals surface area (Å²) in [5.41, 5.74) is 0.695. The fourth-order valence-electron chi connectivity index (χ4n) is 1.95. The van der Waals surface area contributed by atoms with Gasteiger partial charge < -0.3 is 14.6 Å². The second kappa shape index (κ2) is 8.82. The summed E-state index contributed by atoms with van der Waals surface area (Å²) in [6.45, 7) is 3.92. The van der Waals surface area contributed by atoms with Gasteiger partial charge in [0.05, 0.1) is 29.0 Å². The molecule has 25 heavy (non-hydrogen) atoms. The summed E-state index contributed by atoms with van der Waals surface area (Å²) >= 11 is 6.49. The maximum atomic E-state index is 12.3. The average Bonchev–Trinajstić information content (AvgIpc) is 2.61. The molecule has 1 heterocycles. The fraction of sp³-hybridized carbons (Fsp3) is 0.111. The third kappa shape index (κ3) is 4.93. The normalized spacial score (nSPS) is 10.7. The van der Waals surface area contributed by atoms with Crippen molar-refractivity contribution >= 4 is 43.7 Å². The Balaban J connectivity index is 2.24. The number of nitrogens with zero attached hydrogens (tertiary/aromatic N) is 1. The SMILES string of the molecule is C=CCOc1cnc(/C=C/C(=O)c2cc(Br)cc(Br)c2O)cc1OC. The summed E-state index contributed by atoms with van der Waals surface area (Å²) in [7, 11) is 1.52. The molecular formula is C18H15Br2NO4. The topological polar surface area (TPSA) is 68.7 Å². The van der Waals surface area contributed by atoms with Crippen LogP contribution in [-0.2, 0) is 0 Å². The van der Waals surface area contributed by atoms with Gasteiger partial charge in [0.25, 0.3) is 0 Å². The molecule has 0 spiro atoms. The molecule has 0 bridgehead atoms. The fourth-order valence-corrected chi connectivity index (χ4v) is 3.18. The highest BCUT2D eigenvalue weighted by molar-refractivity contribution is 9.11. The Morgan fingerprint density at radius 3 is 2.76 bits per heavy atom. The molecule has 2 aromatic rings. The van der Waals surface area contributed by atoms with E-state index in [9.17, 15) is 9.90 Å². The molecule has 0 aliphatic heterocycles. The number of allylic oxidation sites excluding steroid dienone is 1. The van der Waals surface area contributed by atoms with Gasteiger partial charge in [-0.2, -0.15) is 0 Å². The van der Waals surface area contributed by atoms with Gasteiger partial charge in [-0.05, 0) is 40.2 Å². The molecule has 0 atom stereocenters. The van der Waals surface area contributed by atoms with Crippen molar-refractivity contribution in [3.8, 4) is 17.2 Å². The van der Waals surface area contributed by atoms with Gasteiger partial charge >= 0.3 is 0 Å². The van der Waals surface area contributed by atoms with Crippen LogP contribution >= 0.6 is 31.9 Å². The number of ether oxygens (including phenoxy) is 2. The molecule has 0 saturated carbocycles. The first-order valence-electron chi connectivity index (χ1n) is 7.14. The number of halogens is 2. The number of phenolic OH excluding ortho intramolecular Hbond substituents is 1. The van der Waals surface area contributed by atoms with E-state index < -0.39 is 0 Å². The molecular weight excluding hydrogens is 454 g/mol. The molecule has 0 radical (unpaired) electrons. The quantitative estimate of drug-likeness (QED) is 0.359. The molecule has 0 unspecified atom stereocenters. The van der Waals surface area contributed by atoms with Gasteiger partial charge in [0.15, 0.2) is 17.3 Å². The minimum Gasteiger partial charge on any atom is -0.506 e. The number of phenols is 1. The zero-order valence-corrected chi connectivity index (χ0v) is 16.5. The molecule has 130 valence electrons. The van der Waals surface area contributed by atoms with Crippen molar-refractivity contribution in [3.63, 3.8) is 0 Å². The standard InChI is InChI=1S/C18H15Br2NO4/c1-3-6-25-17-10-21-12(9-16(17)24-2)4-5-15(22)13-7-11(19)8-14(20)18(13)23/h3-5,7-10,23H,1,6H2,2H3/b5-4+. The van der Waals surface area contributed by atoms with Crippen molar-refractivity contribution in [1.82, 2.24) is 4.98 Å². The molecule has 2 rings (SSSR count). The Bertz CT molecular complexity index is 834. The van der Waals surface area contributed by atoms with Gasteiger partial charge in [-0.3, -0.25) is 9.78 Å². The number of carbonyl (C=O) groups is 1. The lowest BCUT2D eigenvalue weighted by Crippen LogP contribution is -1.98. The van der Waals surface area contributed by atoms with Crippen LogP contribution in [0.3, 0.4) is 0 Å². The number of hydrogen-bond acceptors (Lipinski definition) is 5. The van der Waals surface area contributed by atoms with E-state index in [2.05, 4.69) is 43.4 Å². The van der Waals surface area contributed by atoms with Crippen molar-refractivity contribution < 1.29 is 19.4 Å². The average molecular weight is 469 g/mol. The minimum atomic E-state index is -0.354. The Hall–Kier alpha value is -2.12. The number of aromatic hydroxyl groups is 1. The summed E-state index contributed by atoms with van der Waals surface area (Å²) in [5.74, 6) is 0.514. The zero-order valence-electron chi connectivity index (χ0n) is 13.3. The second-order valence-electron chi connectivity index (χ2n) is 4.84. The van der Waals surface area contributed by atoms with Gasteiger partial charge in [-0.1, -0.05) is 28.6 Å². The van der Waals surface area contributed by atoms with E-state index in [0.717, 1.165) is 0 Å². The highest BCUT2D eigenvalue weighted by atomic mass is 79.9. The third-order valence-electron chi connectivity index (χ3n) is 3.13. The lowest BCUT2D eigenvalue weighted by molar-refractivity contribution is 0.104. The smallest absolute Gasteiger partial charge is 0.189 e. The number of aromatic nitrogens is 1. The number of methoxy groups -OCH3 is 1. The highest BCUT2D eigenvalue weighted by Gasteiger charge is 2.13. The molecule has 0 aliphatic carbocycles. The predicted molar refractivity (Wildman–Crippen MR) is 103 cm³/mol. The van der Waals surface area contributed by atoms with Crippen LogP contribution < -0.4 is 9.47 Å².